The van der Waals surface area contributed by atoms with E-state index in [0.717, 1.165) is 10.4 Å². The Bertz CT molecular complexity index is 1680. The molecule has 0 bridgehead atoms. The molecule has 0 radical (unpaired) electrons. The first kappa shape index (κ1) is 26.5. The molecule has 0 fully saturated rings. The number of pyridine rings is 2. The lowest BCUT2D eigenvalue weighted by atomic mass is 10.1. The van der Waals surface area contributed by atoms with Gasteiger partial charge < -0.3 is 16.2 Å². The van der Waals surface area contributed by atoms with Crippen molar-refractivity contribution in [2.45, 2.75) is 31.7 Å². The smallest absolute Gasteiger partial charge is 0.299 e. The molecule has 0 saturated heterocycles. The van der Waals surface area contributed by atoms with E-state index in [4.69, 9.17) is 10.9 Å². The standard InChI is InChI=1S/C22H27N7O6S2/c1-13(2)7-10-28-21-15(4-3-9-25-21)19(30)18(22(28)31)20-26-16-6-5-14(12-17(16)36(32,33)27-20)29(11-8-23)37(24,34)35/h3-6,9,12-13,30H,7-8,10-11,23H2,1-2H3,(H,26,27)(H2,24,34,35). The van der Waals surface area contributed by atoms with Crippen LogP contribution < -0.4 is 26.1 Å². The van der Waals surface area contributed by atoms with E-state index < -0.39 is 31.5 Å². The Hall–Kier alpha value is -3.53. The molecule has 1 aromatic carbocycles. The maximum absolute atomic E-state index is 13.5. The van der Waals surface area contributed by atoms with Gasteiger partial charge in [-0.3, -0.25) is 13.7 Å². The quantitative estimate of drug-likeness (QED) is 0.311. The van der Waals surface area contributed by atoms with Crippen molar-refractivity contribution in [2.24, 2.45) is 21.2 Å². The van der Waals surface area contributed by atoms with Crippen LogP contribution in [0.4, 0.5) is 11.4 Å². The number of fused-ring (bicyclic) bond motifs is 2. The molecular formula is C22H27N7O6S2. The fraction of sp³-hybridized carbons (Fsp3) is 0.318. The van der Waals surface area contributed by atoms with E-state index in [2.05, 4.69) is 14.7 Å². The maximum atomic E-state index is 13.5. The molecule has 6 N–H and O–H groups in total. The summed E-state index contributed by atoms with van der Waals surface area (Å²) in [5, 5.41) is 19.3. The van der Waals surface area contributed by atoms with Crippen LogP contribution in [0.15, 0.2) is 50.6 Å². The Morgan fingerprint density at radius 3 is 2.62 bits per heavy atom. The number of nitrogens with two attached hydrogens (primary N) is 2. The van der Waals surface area contributed by atoms with Gasteiger partial charge in [0.25, 0.3) is 25.8 Å². The van der Waals surface area contributed by atoms with Crippen LogP contribution >= 0.6 is 0 Å². The zero-order valence-corrected chi connectivity index (χ0v) is 21.8. The SMILES string of the molecule is CC(C)CCn1c(=O)c(C2=NS(=O)(=O)c3cc(N(CCN)S(N)(=O)=O)ccc3N2)c(O)c2cccnc21. The number of hydrogen-bond acceptors (Lipinski definition) is 9. The number of aromatic hydroxyl groups is 1. The molecule has 0 saturated carbocycles. The van der Waals surface area contributed by atoms with Crippen molar-refractivity contribution >= 4 is 48.5 Å². The molecule has 13 nitrogen and oxygen atoms in total. The predicted octanol–water partition coefficient (Wildman–Crippen LogP) is 0.678. The number of nitrogens with zero attached hydrogens (tertiary/aromatic N) is 4. The van der Waals surface area contributed by atoms with Crippen LogP contribution in [0.25, 0.3) is 11.0 Å². The monoisotopic (exact) mass is 549 g/mol. The average molecular weight is 550 g/mol. The summed E-state index contributed by atoms with van der Waals surface area (Å²) >= 11 is 0. The molecule has 0 atom stereocenters. The molecule has 1 aliphatic rings. The average Bonchev–Trinajstić information content (AvgIpc) is 2.81. The molecule has 2 aromatic heterocycles. The number of benzene rings is 1. The number of sulfonamides is 1. The highest BCUT2D eigenvalue weighted by atomic mass is 32.2. The fourth-order valence-corrected chi connectivity index (χ4v) is 5.91. The molecule has 0 unspecified atom stereocenters. The Morgan fingerprint density at radius 1 is 1.24 bits per heavy atom. The third-order valence-corrected chi connectivity index (χ3v) is 8.12. The van der Waals surface area contributed by atoms with E-state index in [1.807, 2.05) is 13.8 Å². The summed E-state index contributed by atoms with van der Waals surface area (Å²) in [6.07, 6.45) is 2.14. The molecule has 37 heavy (non-hydrogen) atoms. The Balaban J connectivity index is 1.88. The number of nitrogens with one attached hydrogen (secondary N) is 1. The van der Waals surface area contributed by atoms with Gasteiger partial charge in [0.05, 0.1) is 16.8 Å². The van der Waals surface area contributed by atoms with Gasteiger partial charge in [0.15, 0.2) is 5.84 Å². The van der Waals surface area contributed by atoms with Crippen molar-refractivity contribution in [3.8, 4) is 5.75 Å². The molecule has 1 aliphatic heterocycles. The summed E-state index contributed by atoms with van der Waals surface area (Å²) in [4.78, 5) is 17.4. The van der Waals surface area contributed by atoms with Crippen LogP contribution in [0, 0.1) is 5.92 Å². The molecule has 0 spiro atoms. The van der Waals surface area contributed by atoms with Gasteiger partial charge in [0, 0.05) is 25.8 Å². The van der Waals surface area contributed by atoms with Gasteiger partial charge in [-0.2, -0.15) is 16.8 Å². The molecule has 198 valence electrons. The minimum atomic E-state index is -4.42. The Morgan fingerprint density at radius 2 is 1.97 bits per heavy atom. The van der Waals surface area contributed by atoms with Crippen molar-refractivity contribution in [1.29, 1.82) is 0 Å². The number of aryl methyl sites for hydroxylation is 1. The van der Waals surface area contributed by atoms with Crippen LogP contribution in [0.5, 0.6) is 5.75 Å². The second-order valence-corrected chi connectivity index (χ2v) is 11.9. The minimum Gasteiger partial charge on any atom is -0.506 e. The number of anilines is 2. The van der Waals surface area contributed by atoms with Crippen molar-refractivity contribution in [2.75, 3.05) is 22.7 Å². The Kier molecular flexibility index (Phi) is 6.98. The van der Waals surface area contributed by atoms with Crippen molar-refractivity contribution in [1.82, 2.24) is 9.55 Å². The zero-order chi connectivity index (χ0) is 27.1. The van der Waals surface area contributed by atoms with Crippen LogP contribution in [-0.4, -0.2) is 50.4 Å². The van der Waals surface area contributed by atoms with Gasteiger partial charge in [-0.15, -0.1) is 4.40 Å². The molecule has 3 aromatic rings. The molecule has 3 heterocycles. The third-order valence-electron chi connectivity index (χ3n) is 5.80. The second-order valence-electron chi connectivity index (χ2n) is 8.86. The lowest BCUT2D eigenvalue weighted by Crippen LogP contribution is -2.40. The van der Waals surface area contributed by atoms with Gasteiger partial charge >= 0.3 is 0 Å². The topological polar surface area (TPSA) is 203 Å². The molecule has 0 aliphatic carbocycles. The molecule has 4 rings (SSSR count). The predicted molar refractivity (Wildman–Crippen MR) is 140 cm³/mol. The summed E-state index contributed by atoms with van der Waals surface area (Å²) in [5.74, 6) is -0.554. The van der Waals surface area contributed by atoms with Crippen molar-refractivity contribution < 1.29 is 21.9 Å². The Labute approximate surface area is 213 Å². The maximum Gasteiger partial charge on any atom is 0.299 e. The minimum absolute atomic E-state index is 0.0219. The first-order valence-electron chi connectivity index (χ1n) is 11.3. The largest absolute Gasteiger partial charge is 0.506 e. The van der Waals surface area contributed by atoms with E-state index in [1.54, 1.807) is 12.1 Å². The summed E-state index contributed by atoms with van der Waals surface area (Å²) in [7, 11) is -8.65. The highest BCUT2D eigenvalue weighted by molar-refractivity contribution is 7.91. The zero-order valence-electron chi connectivity index (χ0n) is 20.1. The lowest BCUT2D eigenvalue weighted by Gasteiger charge is -2.24. The number of amidine groups is 1. The van der Waals surface area contributed by atoms with Crippen molar-refractivity contribution in [3.05, 3.63) is 52.4 Å². The fourth-order valence-electron chi connectivity index (χ4n) is 4.00. The van der Waals surface area contributed by atoms with E-state index in [-0.39, 0.29) is 57.7 Å². The lowest BCUT2D eigenvalue weighted by molar-refractivity contribution is 0.473. The van der Waals surface area contributed by atoms with E-state index in [9.17, 15) is 26.7 Å². The van der Waals surface area contributed by atoms with Gasteiger partial charge in [0.2, 0.25) is 0 Å². The van der Waals surface area contributed by atoms with Gasteiger partial charge in [-0.1, -0.05) is 13.8 Å². The normalized spacial score (nSPS) is 14.8. The number of aromatic nitrogens is 2. The molecular weight excluding hydrogens is 522 g/mol. The van der Waals surface area contributed by atoms with Gasteiger partial charge in [-0.25, -0.2) is 10.1 Å². The molecule has 0 amide bonds. The summed E-state index contributed by atoms with van der Waals surface area (Å²) in [6.45, 7) is 4.06. The first-order chi connectivity index (χ1) is 17.3. The van der Waals surface area contributed by atoms with Crippen LogP contribution in [0.3, 0.4) is 0 Å². The van der Waals surface area contributed by atoms with E-state index >= 15 is 0 Å². The van der Waals surface area contributed by atoms with E-state index in [1.165, 1.54) is 22.9 Å². The summed E-state index contributed by atoms with van der Waals surface area (Å²) < 4.78 is 56.2. The summed E-state index contributed by atoms with van der Waals surface area (Å²) in [5.41, 5.74) is 4.78. The highest BCUT2D eigenvalue weighted by Gasteiger charge is 2.31. The number of rotatable bonds is 8. The summed E-state index contributed by atoms with van der Waals surface area (Å²) in [6, 6.07) is 6.93. The second kappa shape index (κ2) is 9.74. The number of hydrogen-bond donors (Lipinski definition) is 4. The van der Waals surface area contributed by atoms with Gasteiger partial charge in [0.1, 0.15) is 21.9 Å². The van der Waals surface area contributed by atoms with Crippen LogP contribution in [0.2, 0.25) is 0 Å². The van der Waals surface area contributed by atoms with Crippen LogP contribution in [-0.2, 0) is 26.8 Å². The van der Waals surface area contributed by atoms with Crippen LogP contribution in [0.1, 0.15) is 25.8 Å². The highest BCUT2D eigenvalue weighted by Crippen LogP contribution is 2.34. The van der Waals surface area contributed by atoms with Crippen molar-refractivity contribution in [3.63, 3.8) is 0 Å². The molecule has 15 heteroatoms. The van der Waals surface area contributed by atoms with E-state index in [0.29, 0.717) is 13.0 Å². The van der Waals surface area contributed by atoms with Gasteiger partial charge in [-0.05, 0) is 42.7 Å². The third kappa shape index (κ3) is 5.02. The first-order valence-corrected chi connectivity index (χ1v) is 14.3.